The van der Waals surface area contributed by atoms with E-state index in [-0.39, 0.29) is 12.0 Å². The summed E-state index contributed by atoms with van der Waals surface area (Å²) in [4.78, 5) is 14.0. The van der Waals surface area contributed by atoms with Crippen molar-refractivity contribution < 1.29 is 4.39 Å². The van der Waals surface area contributed by atoms with E-state index >= 15 is 0 Å². The summed E-state index contributed by atoms with van der Waals surface area (Å²) in [7, 11) is 0. The van der Waals surface area contributed by atoms with Gasteiger partial charge in [0.05, 0.1) is 28.3 Å². The molecule has 3 aromatic rings. The minimum Gasteiger partial charge on any atom is -0.308 e. The second-order valence-corrected chi connectivity index (χ2v) is 8.64. The van der Waals surface area contributed by atoms with Gasteiger partial charge in [-0.1, -0.05) is 25.4 Å². The number of aryl methyl sites for hydroxylation is 1. The third-order valence-electron chi connectivity index (χ3n) is 5.59. The van der Waals surface area contributed by atoms with Crippen LogP contribution in [0.5, 0.6) is 0 Å². The van der Waals surface area contributed by atoms with Crippen molar-refractivity contribution in [2.75, 3.05) is 0 Å². The number of halogens is 2. The van der Waals surface area contributed by atoms with Gasteiger partial charge in [0.1, 0.15) is 11.9 Å². The molecule has 2 atom stereocenters. The molecule has 4 rings (SSSR count). The average Bonchev–Trinajstić information content (AvgIpc) is 3.31. The Morgan fingerprint density at radius 3 is 2.70 bits per heavy atom. The normalized spacial score (nSPS) is 19.0. The molecular weight excluding hydrogens is 401 g/mol. The van der Waals surface area contributed by atoms with Gasteiger partial charge in [-0.05, 0) is 56.4 Å². The minimum absolute atomic E-state index is 0.188. The van der Waals surface area contributed by atoms with Crippen LogP contribution in [0, 0.1) is 6.92 Å². The largest absolute Gasteiger partial charge is 0.308 e. The second-order valence-electron chi connectivity index (χ2n) is 8.24. The van der Waals surface area contributed by atoms with Crippen molar-refractivity contribution in [1.29, 1.82) is 0 Å². The summed E-state index contributed by atoms with van der Waals surface area (Å²) in [6.45, 7) is 6.84. The van der Waals surface area contributed by atoms with Crippen LogP contribution < -0.4 is 5.32 Å². The summed E-state index contributed by atoms with van der Waals surface area (Å²) in [6.07, 6.45) is 4.93. The topological polar surface area (TPSA) is 55.6 Å². The Morgan fingerprint density at radius 2 is 2.07 bits per heavy atom. The Bertz CT molecular complexity index is 1010. The van der Waals surface area contributed by atoms with E-state index in [0.29, 0.717) is 35.9 Å². The van der Waals surface area contributed by atoms with Gasteiger partial charge in [0.15, 0.2) is 5.82 Å². The molecule has 3 heterocycles. The molecule has 0 amide bonds. The Kier molecular flexibility index (Phi) is 6.16. The van der Waals surface area contributed by atoms with Gasteiger partial charge in [-0.2, -0.15) is 0 Å². The molecule has 1 saturated carbocycles. The molecule has 0 radical (unpaired) electrons. The van der Waals surface area contributed by atoms with Crippen LogP contribution in [0.1, 0.15) is 56.1 Å². The first-order valence-corrected chi connectivity index (χ1v) is 10.8. The van der Waals surface area contributed by atoms with Crippen LogP contribution in [0.15, 0.2) is 36.7 Å². The van der Waals surface area contributed by atoms with Gasteiger partial charge in [-0.15, -0.1) is 0 Å². The van der Waals surface area contributed by atoms with Gasteiger partial charge in [0.2, 0.25) is 0 Å². The Morgan fingerprint density at radius 1 is 1.23 bits per heavy atom. The lowest BCUT2D eigenvalue weighted by molar-refractivity contribution is 0.333. The minimum atomic E-state index is -0.703. The molecule has 1 N–H and O–H groups in total. The van der Waals surface area contributed by atoms with Crippen LogP contribution in [0.3, 0.4) is 0 Å². The van der Waals surface area contributed by atoms with Gasteiger partial charge >= 0.3 is 0 Å². The maximum atomic E-state index is 13.6. The van der Waals surface area contributed by atoms with Crippen LogP contribution in [0.2, 0.25) is 5.02 Å². The second kappa shape index (κ2) is 8.82. The summed E-state index contributed by atoms with van der Waals surface area (Å²) in [5, 5.41) is 4.06. The van der Waals surface area contributed by atoms with Crippen molar-refractivity contribution in [1.82, 2.24) is 24.8 Å². The highest BCUT2D eigenvalue weighted by molar-refractivity contribution is 6.32. The number of alkyl halides is 1. The fraction of sp³-hybridized carbons (Fsp3) is 0.435. The maximum absolute atomic E-state index is 13.6. The predicted molar refractivity (Wildman–Crippen MR) is 118 cm³/mol. The molecule has 0 aromatic carbocycles. The molecule has 7 heteroatoms. The predicted octanol–water partition coefficient (Wildman–Crippen LogP) is 5.39. The molecule has 0 spiro atoms. The van der Waals surface area contributed by atoms with Crippen LogP contribution in [0.4, 0.5) is 4.39 Å². The molecule has 1 fully saturated rings. The third-order valence-corrected chi connectivity index (χ3v) is 5.89. The summed E-state index contributed by atoms with van der Waals surface area (Å²) in [5.41, 5.74) is 4.53. The van der Waals surface area contributed by atoms with Crippen LogP contribution in [0.25, 0.3) is 17.2 Å². The Balaban J connectivity index is 1.81. The number of nitrogens with zero attached hydrogens (tertiary/aromatic N) is 4. The summed E-state index contributed by atoms with van der Waals surface area (Å²) in [5.74, 6) is 0.908. The number of nitrogens with one attached hydrogen (secondary N) is 1. The highest BCUT2D eigenvalue weighted by Gasteiger charge is 2.27. The Hall–Kier alpha value is -2.31. The molecule has 3 aromatic heterocycles. The SMILES string of the molecule is Cc1ccc(-n2c(-c3ncccc3Cl)nc(CN[C@H]3CC[C@@H](F)C3)c2C(C)C)cn1. The van der Waals surface area contributed by atoms with E-state index in [1.165, 1.54) is 0 Å². The van der Waals surface area contributed by atoms with E-state index in [9.17, 15) is 4.39 Å². The molecule has 1 aliphatic rings. The number of rotatable bonds is 6. The molecular formula is C23H27ClFN5. The fourth-order valence-corrected chi connectivity index (χ4v) is 4.32. The van der Waals surface area contributed by atoms with E-state index in [1.54, 1.807) is 6.20 Å². The van der Waals surface area contributed by atoms with Crippen molar-refractivity contribution in [3.8, 4) is 17.2 Å². The lowest BCUT2D eigenvalue weighted by Gasteiger charge is -2.16. The zero-order valence-corrected chi connectivity index (χ0v) is 18.3. The van der Waals surface area contributed by atoms with Gasteiger partial charge in [-0.3, -0.25) is 14.5 Å². The van der Waals surface area contributed by atoms with Crippen LogP contribution in [-0.2, 0) is 6.54 Å². The lowest BCUT2D eigenvalue weighted by atomic mass is 10.1. The van der Waals surface area contributed by atoms with Gasteiger partial charge < -0.3 is 5.32 Å². The first kappa shape index (κ1) is 20.9. The number of aromatic nitrogens is 4. The molecule has 0 aliphatic heterocycles. The van der Waals surface area contributed by atoms with Crippen molar-refractivity contribution in [3.05, 3.63) is 58.8 Å². The quantitative estimate of drug-likeness (QED) is 0.572. The smallest absolute Gasteiger partial charge is 0.165 e. The van der Waals surface area contributed by atoms with E-state index in [0.717, 1.165) is 29.2 Å². The van der Waals surface area contributed by atoms with E-state index in [1.807, 2.05) is 37.4 Å². The fourth-order valence-electron chi connectivity index (χ4n) is 4.12. The summed E-state index contributed by atoms with van der Waals surface area (Å²) in [6, 6.07) is 7.85. The number of pyridine rings is 2. The standard InChI is InChI=1S/C23H27ClFN5/c1-14(2)22-20(13-28-17-8-7-16(25)11-17)29-23(21-19(24)5-4-10-26-21)30(22)18-9-6-15(3)27-12-18/h4-6,9-10,12,14,16-17,28H,7-8,11,13H2,1-3H3/t16-,17+/m1/s1. The number of hydrogen-bond acceptors (Lipinski definition) is 4. The average molecular weight is 428 g/mol. The van der Waals surface area contributed by atoms with Gasteiger partial charge in [0, 0.05) is 24.5 Å². The zero-order chi connectivity index (χ0) is 21.3. The molecule has 158 valence electrons. The molecule has 30 heavy (non-hydrogen) atoms. The zero-order valence-electron chi connectivity index (χ0n) is 17.6. The molecule has 0 bridgehead atoms. The third kappa shape index (κ3) is 4.25. The highest BCUT2D eigenvalue weighted by Crippen LogP contribution is 2.33. The molecule has 0 saturated heterocycles. The summed E-state index contributed by atoms with van der Waals surface area (Å²) < 4.78 is 15.7. The van der Waals surface area contributed by atoms with Crippen molar-refractivity contribution in [3.63, 3.8) is 0 Å². The van der Waals surface area contributed by atoms with Crippen molar-refractivity contribution >= 4 is 11.6 Å². The van der Waals surface area contributed by atoms with E-state index in [2.05, 4.69) is 33.7 Å². The van der Waals surface area contributed by atoms with Gasteiger partial charge in [0.25, 0.3) is 0 Å². The first-order valence-electron chi connectivity index (χ1n) is 10.5. The van der Waals surface area contributed by atoms with Crippen molar-refractivity contribution in [2.24, 2.45) is 0 Å². The molecule has 5 nitrogen and oxygen atoms in total. The van der Waals surface area contributed by atoms with Crippen LogP contribution in [-0.4, -0.2) is 31.7 Å². The number of hydrogen-bond donors (Lipinski definition) is 1. The monoisotopic (exact) mass is 427 g/mol. The highest BCUT2D eigenvalue weighted by atomic mass is 35.5. The van der Waals surface area contributed by atoms with Crippen molar-refractivity contribution in [2.45, 2.75) is 64.7 Å². The van der Waals surface area contributed by atoms with E-state index < -0.39 is 6.17 Å². The Labute approximate surface area is 181 Å². The van der Waals surface area contributed by atoms with E-state index in [4.69, 9.17) is 16.6 Å². The maximum Gasteiger partial charge on any atom is 0.165 e. The first-order chi connectivity index (χ1) is 14.4. The lowest BCUT2D eigenvalue weighted by Crippen LogP contribution is -2.27. The number of imidazole rings is 1. The molecule has 0 unspecified atom stereocenters. The summed E-state index contributed by atoms with van der Waals surface area (Å²) >= 11 is 6.49. The van der Waals surface area contributed by atoms with Gasteiger partial charge in [-0.25, -0.2) is 9.37 Å². The molecule has 1 aliphatic carbocycles. The van der Waals surface area contributed by atoms with Crippen LogP contribution >= 0.6 is 11.6 Å².